The average Bonchev–Trinajstić information content (AvgIpc) is 2.86. The largest absolute Gasteiger partial charge is 0.504 e. The van der Waals surface area contributed by atoms with Gasteiger partial charge in [0.25, 0.3) is 0 Å². The molecule has 116 valence electrons. The first-order chi connectivity index (χ1) is 10.1. The van der Waals surface area contributed by atoms with Crippen LogP contribution in [0.3, 0.4) is 0 Å². The number of nitrogens with zero attached hydrogens (tertiary/aromatic N) is 1. The van der Waals surface area contributed by atoms with Crippen LogP contribution in [0.4, 0.5) is 0 Å². The molecule has 0 bridgehead atoms. The average molecular weight is 311 g/mol. The maximum atomic E-state index is 10.2. The lowest BCUT2D eigenvalue weighted by atomic mass is 9.78. The molecule has 1 aliphatic carbocycles. The Kier molecular flexibility index (Phi) is 4.29. The number of methoxy groups -OCH3 is 1. The van der Waals surface area contributed by atoms with E-state index in [1.54, 1.807) is 13.2 Å². The van der Waals surface area contributed by atoms with Gasteiger partial charge in [-0.15, -0.1) is 0 Å². The van der Waals surface area contributed by atoms with Gasteiger partial charge >= 0.3 is 0 Å². The van der Waals surface area contributed by atoms with Crippen LogP contribution < -0.4 is 10.5 Å². The quantitative estimate of drug-likeness (QED) is 0.901. The van der Waals surface area contributed by atoms with E-state index in [0.29, 0.717) is 35.2 Å². The zero-order valence-electron chi connectivity index (χ0n) is 12.4. The highest BCUT2D eigenvalue weighted by Gasteiger charge is 2.38. The van der Waals surface area contributed by atoms with Crippen LogP contribution in [0.1, 0.15) is 24.8 Å². The van der Waals surface area contributed by atoms with Crippen LogP contribution in [-0.4, -0.2) is 36.2 Å². The number of halogens is 1. The number of nitrogens with two attached hydrogens (primary N) is 1. The van der Waals surface area contributed by atoms with Crippen molar-refractivity contribution >= 4 is 11.6 Å². The summed E-state index contributed by atoms with van der Waals surface area (Å²) in [4.78, 5) is 2.38. The molecule has 3 N–H and O–H groups in total. The molecule has 1 aliphatic heterocycles. The number of rotatable bonds is 3. The van der Waals surface area contributed by atoms with Crippen molar-refractivity contribution in [3.63, 3.8) is 0 Å². The highest BCUT2D eigenvalue weighted by Crippen LogP contribution is 2.38. The number of phenols is 1. The molecule has 1 saturated carbocycles. The molecular weight excluding hydrogens is 288 g/mol. The van der Waals surface area contributed by atoms with Crippen LogP contribution in [0.2, 0.25) is 5.02 Å². The summed E-state index contributed by atoms with van der Waals surface area (Å²) in [5, 5.41) is 10.8. The second-order valence-corrected chi connectivity index (χ2v) is 6.76. The fraction of sp³-hybridized carbons (Fsp3) is 0.625. The van der Waals surface area contributed by atoms with Gasteiger partial charge in [-0.1, -0.05) is 18.0 Å². The molecule has 4 nitrogen and oxygen atoms in total. The van der Waals surface area contributed by atoms with Crippen LogP contribution >= 0.6 is 11.6 Å². The highest BCUT2D eigenvalue weighted by atomic mass is 35.5. The van der Waals surface area contributed by atoms with Crippen molar-refractivity contribution in [2.24, 2.45) is 17.6 Å². The van der Waals surface area contributed by atoms with Gasteiger partial charge in [0.2, 0.25) is 0 Å². The second kappa shape index (κ2) is 6.03. The summed E-state index contributed by atoms with van der Waals surface area (Å²) in [5.41, 5.74) is 7.08. The number of hydrogen-bond acceptors (Lipinski definition) is 4. The van der Waals surface area contributed by atoms with Crippen molar-refractivity contribution in [1.82, 2.24) is 4.90 Å². The summed E-state index contributed by atoms with van der Waals surface area (Å²) in [6.07, 6.45) is 3.66. The van der Waals surface area contributed by atoms with E-state index in [-0.39, 0.29) is 5.75 Å². The predicted octanol–water partition coefficient (Wildman–Crippen LogP) is 2.61. The van der Waals surface area contributed by atoms with Gasteiger partial charge in [-0.05, 0) is 30.7 Å². The van der Waals surface area contributed by atoms with Crippen molar-refractivity contribution < 1.29 is 9.84 Å². The molecule has 2 fully saturated rings. The number of aromatic hydroxyl groups is 1. The number of phenolic OH excluding ortho intramolecular Hbond substituents is 1. The summed E-state index contributed by atoms with van der Waals surface area (Å²) < 4.78 is 5.17. The maximum absolute atomic E-state index is 10.2. The van der Waals surface area contributed by atoms with Crippen molar-refractivity contribution in [2.45, 2.75) is 31.8 Å². The Labute approximate surface area is 130 Å². The Morgan fingerprint density at radius 3 is 2.90 bits per heavy atom. The number of ether oxygens (including phenoxy) is 1. The van der Waals surface area contributed by atoms with Crippen molar-refractivity contribution in [3.8, 4) is 11.5 Å². The third-order valence-corrected chi connectivity index (χ3v) is 5.18. The molecule has 5 heteroatoms. The van der Waals surface area contributed by atoms with Gasteiger partial charge in [0.15, 0.2) is 11.5 Å². The standard InChI is InChI=1S/C16H23ClN2O2/c1-21-15-6-12(17)5-11(16(15)20)8-19-7-10-3-2-4-14(18)13(10)9-19/h5-6,10,13-14,20H,2-4,7-9,18H2,1H3. The first kappa shape index (κ1) is 14.9. The Morgan fingerprint density at radius 1 is 1.38 bits per heavy atom. The first-order valence-corrected chi connectivity index (χ1v) is 7.99. The van der Waals surface area contributed by atoms with Crippen molar-refractivity contribution in [3.05, 3.63) is 22.7 Å². The third kappa shape index (κ3) is 2.98. The van der Waals surface area contributed by atoms with E-state index in [4.69, 9.17) is 22.1 Å². The molecular formula is C16H23ClN2O2. The molecule has 1 saturated heterocycles. The van der Waals surface area contributed by atoms with Crippen LogP contribution in [0.15, 0.2) is 12.1 Å². The second-order valence-electron chi connectivity index (χ2n) is 6.33. The van der Waals surface area contributed by atoms with Crippen molar-refractivity contribution in [1.29, 1.82) is 0 Å². The van der Waals surface area contributed by atoms with E-state index in [1.165, 1.54) is 12.8 Å². The van der Waals surface area contributed by atoms with Gasteiger partial charge in [0.05, 0.1) is 7.11 Å². The normalized spacial score (nSPS) is 29.4. The zero-order chi connectivity index (χ0) is 15.0. The van der Waals surface area contributed by atoms with E-state index < -0.39 is 0 Å². The lowest BCUT2D eigenvalue weighted by Crippen LogP contribution is -2.38. The van der Waals surface area contributed by atoms with Crippen LogP contribution in [0.25, 0.3) is 0 Å². The predicted molar refractivity (Wildman–Crippen MR) is 83.8 cm³/mol. The van der Waals surface area contributed by atoms with Gasteiger partial charge in [0.1, 0.15) is 0 Å². The van der Waals surface area contributed by atoms with Gasteiger partial charge in [-0.3, -0.25) is 4.90 Å². The molecule has 0 radical (unpaired) electrons. The number of fused-ring (bicyclic) bond motifs is 1. The lowest BCUT2D eigenvalue weighted by Gasteiger charge is -2.29. The molecule has 1 aromatic rings. The fourth-order valence-electron chi connectivity index (χ4n) is 3.88. The lowest BCUT2D eigenvalue weighted by molar-refractivity contribution is 0.259. The van der Waals surface area contributed by atoms with Gasteiger partial charge in [-0.2, -0.15) is 0 Å². The summed E-state index contributed by atoms with van der Waals surface area (Å²) in [5.74, 6) is 1.94. The highest BCUT2D eigenvalue weighted by molar-refractivity contribution is 6.30. The van der Waals surface area contributed by atoms with Crippen LogP contribution in [0, 0.1) is 11.8 Å². The minimum absolute atomic E-state index is 0.195. The van der Waals surface area contributed by atoms with Crippen LogP contribution in [-0.2, 0) is 6.54 Å². The van der Waals surface area contributed by atoms with E-state index in [1.807, 2.05) is 6.07 Å². The van der Waals surface area contributed by atoms with E-state index in [2.05, 4.69) is 4.90 Å². The molecule has 21 heavy (non-hydrogen) atoms. The van der Waals surface area contributed by atoms with Crippen molar-refractivity contribution in [2.75, 3.05) is 20.2 Å². The van der Waals surface area contributed by atoms with Gasteiger partial charge in [0, 0.05) is 42.3 Å². The van der Waals surface area contributed by atoms with Crippen LogP contribution in [0.5, 0.6) is 11.5 Å². The molecule has 0 amide bonds. The summed E-state index contributed by atoms with van der Waals surface area (Å²) in [7, 11) is 1.54. The monoisotopic (exact) mass is 310 g/mol. The summed E-state index contributed by atoms with van der Waals surface area (Å²) >= 11 is 6.10. The zero-order valence-corrected chi connectivity index (χ0v) is 13.1. The Bertz CT molecular complexity index is 523. The SMILES string of the molecule is COc1cc(Cl)cc(CN2CC3CCCC(N)C3C2)c1O. The minimum Gasteiger partial charge on any atom is -0.504 e. The molecule has 0 aromatic heterocycles. The third-order valence-electron chi connectivity index (χ3n) is 4.96. The molecule has 3 unspecified atom stereocenters. The molecule has 1 heterocycles. The molecule has 0 spiro atoms. The number of hydrogen-bond donors (Lipinski definition) is 2. The fourth-order valence-corrected chi connectivity index (χ4v) is 4.11. The molecule has 3 rings (SSSR count). The minimum atomic E-state index is 0.195. The smallest absolute Gasteiger partial charge is 0.162 e. The Balaban J connectivity index is 1.74. The van der Waals surface area contributed by atoms with E-state index in [0.717, 1.165) is 25.1 Å². The Morgan fingerprint density at radius 2 is 2.19 bits per heavy atom. The van der Waals surface area contributed by atoms with Gasteiger partial charge < -0.3 is 15.6 Å². The van der Waals surface area contributed by atoms with Gasteiger partial charge in [-0.25, -0.2) is 0 Å². The Hall–Kier alpha value is -0.970. The number of benzene rings is 1. The van der Waals surface area contributed by atoms with E-state index >= 15 is 0 Å². The molecule has 2 aliphatic rings. The molecule has 3 atom stereocenters. The first-order valence-electron chi connectivity index (χ1n) is 7.61. The summed E-state index contributed by atoms with van der Waals surface area (Å²) in [6, 6.07) is 3.79. The number of likely N-dealkylation sites (tertiary alicyclic amines) is 1. The van der Waals surface area contributed by atoms with E-state index in [9.17, 15) is 5.11 Å². The summed E-state index contributed by atoms with van der Waals surface area (Å²) in [6.45, 7) is 2.77. The topological polar surface area (TPSA) is 58.7 Å². The molecule has 1 aromatic carbocycles. The maximum Gasteiger partial charge on any atom is 0.162 e.